The Morgan fingerprint density at radius 1 is 0.964 bits per heavy atom. The number of amides is 3. The van der Waals surface area contributed by atoms with Crippen molar-refractivity contribution < 1.29 is 29.0 Å². The molecule has 4 rings (SSSR count). The second-order valence-electron chi connectivity index (χ2n) is 15.6. The molecule has 0 spiro atoms. The summed E-state index contributed by atoms with van der Waals surface area (Å²) in [6.45, 7) is 11.0. The molecular weight excluding hydrogens is 715 g/mol. The van der Waals surface area contributed by atoms with Crippen LogP contribution in [0.4, 0.5) is 0 Å². The van der Waals surface area contributed by atoms with E-state index in [0.717, 1.165) is 43.4 Å². The Hall–Kier alpha value is -4.13. The summed E-state index contributed by atoms with van der Waals surface area (Å²) in [5.74, 6) is -2.23. The molecule has 2 aromatic carbocycles. The Labute approximate surface area is 331 Å². The summed E-state index contributed by atoms with van der Waals surface area (Å²) in [6, 6.07) is 17.9. The number of likely N-dealkylation sites (tertiary alicyclic amines) is 1. The van der Waals surface area contributed by atoms with Gasteiger partial charge in [-0.15, -0.1) is 11.3 Å². The van der Waals surface area contributed by atoms with Gasteiger partial charge < -0.3 is 25.4 Å². The van der Waals surface area contributed by atoms with Crippen LogP contribution >= 0.6 is 11.3 Å². The van der Waals surface area contributed by atoms with E-state index in [0.29, 0.717) is 24.5 Å². The van der Waals surface area contributed by atoms with Crippen molar-refractivity contribution in [2.45, 2.75) is 116 Å². The van der Waals surface area contributed by atoms with Crippen LogP contribution in [0.15, 0.2) is 66.0 Å². The van der Waals surface area contributed by atoms with E-state index >= 15 is 0 Å². The van der Waals surface area contributed by atoms with Crippen molar-refractivity contribution in [2.24, 2.45) is 17.8 Å². The van der Waals surface area contributed by atoms with E-state index in [1.54, 1.807) is 24.3 Å². The summed E-state index contributed by atoms with van der Waals surface area (Å²) < 4.78 is 6.58. The molecule has 12 heteroatoms. The summed E-state index contributed by atoms with van der Waals surface area (Å²) in [5, 5.41) is 18.1. The van der Waals surface area contributed by atoms with Crippen molar-refractivity contribution in [3.8, 4) is 0 Å². The normalized spacial score (nSPS) is 18.1. The summed E-state index contributed by atoms with van der Waals surface area (Å²) in [4.78, 5) is 62.0. The van der Waals surface area contributed by atoms with E-state index in [1.807, 2.05) is 81.6 Å². The molecule has 7 atom stereocenters. The van der Waals surface area contributed by atoms with E-state index in [4.69, 9.17) is 9.72 Å². The molecule has 3 amide bonds. The molecular formula is C43H61N5O6S. The van der Waals surface area contributed by atoms with Gasteiger partial charge >= 0.3 is 5.97 Å². The number of nitrogens with zero attached hydrogens (tertiary/aromatic N) is 3. The molecule has 0 radical (unpaired) electrons. The van der Waals surface area contributed by atoms with Gasteiger partial charge in [0.2, 0.25) is 11.8 Å². The summed E-state index contributed by atoms with van der Waals surface area (Å²) in [6.07, 6.45) is 4.17. The van der Waals surface area contributed by atoms with Crippen molar-refractivity contribution >= 4 is 35.0 Å². The maximum Gasteiger partial charge on any atom is 0.306 e. The van der Waals surface area contributed by atoms with Gasteiger partial charge in [-0.1, -0.05) is 108 Å². The highest BCUT2D eigenvalue weighted by atomic mass is 32.1. The number of aliphatic carboxylic acids is 1. The second kappa shape index (κ2) is 21.2. The fraction of sp³-hybridized carbons (Fsp3) is 0.558. The average molecular weight is 776 g/mol. The highest BCUT2D eigenvalue weighted by Crippen LogP contribution is 2.32. The Morgan fingerprint density at radius 3 is 2.22 bits per heavy atom. The Kier molecular flexibility index (Phi) is 16.8. The minimum Gasteiger partial charge on any atom is -0.481 e. The smallest absolute Gasteiger partial charge is 0.306 e. The largest absolute Gasteiger partial charge is 0.481 e. The van der Waals surface area contributed by atoms with Gasteiger partial charge in [0, 0.05) is 30.9 Å². The maximum absolute atomic E-state index is 14.4. The van der Waals surface area contributed by atoms with Crippen LogP contribution in [-0.2, 0) is 32.1 Å². The van der Waals surface area contributed by atoms with Crippen LogP contribution in [0.5, 0.6) is 0 Å². The highest BCUT2D eigenvalue weighted by Gasteiger charge is 2.37. The third-order valence-electron chi connectivity index (χ3n) is 11.0. The first kappa shape index (κ1) is 43.6. The number of piperidine rings is 1. The van der Waals surface area contributed by atoms with Crippen LogP contribution in [0.25, 0.3) is 0 Å². The van der Waals surface area contributed by atoms with Crippen LogP contribution in [0, 0.1) is 17.8 Å². The molecule has 0 saturated carbocycles. The minimum atomic E-state index is -0.917. The van der Waals surface area contributed by atoms with Gasteiger partial charge in [-0.3, -0.25) is 24.1 Å². The minimum absolute atomic E-state index is 0.0345. The molecule has 1 aromatic heterocycles. The van der Waals surface area contributed by atoms with Crippen LogP contribution in [0.3, 0.4) is 0 Å². The second-order valence-corrected chi connectivity index (χ2v) is 16.4. The number of ether oxygens (including phenoxy) is 1. The molecule has 1 saturated heterocycles. The molecule has 55 heavy (non-hydrogen) atoms. The number of benzene rings is 2. The van der Waals surface area contributed by atoms with E-state index in [-0.39, 0.29) is 53.8 Å². The standard InChI is InChI=1S/C43H61N5O6S/c1-8-29(4)38(46-40(50)35-21-15-16-22-47(35)6)42(51)48(7)36(28(2)3)25-37(54-26-32-19-13-10-14-20-32)41-45-34(27-55-41)39(49)44-33(23-30(5)43(52)53)24-31-17-11-9-12-18-31/h9-14,17-20,27-30,33,35-38H,8,15-16,21-26H2,1-7H3,(H,44,49)(H,46,50)(H,52,53)/t29-,30-,33+,35+,36+,37+,38-/m0/s1. The molecule has 0 bridgehead atoms. The van der Waals surface area contributed by atoms with E-state index in [1.165, 1.54) is 11.3 Å². The topological polar surface area (TPSA) is 141 Å². The quantitative estimate of drug-likeness (QED) is 0.115. The van der Waals surface area contributed by atoms with Crippen LogP contribution in [0.2, 0.25) is 0 Å². The van der Waals surface area contributed by atoms with E-state index in [2.05, 4.69) is 29.4 Å². The Bertz CT molecular complexity index is 1670. The number of thiazole rings is 1. The number of rotatable bonds is 20. The first-order valence-corrected chi connectivity index (χ1v) is 20.6. The third-order valence-corrected chi connectivity index (χ3v) is 11.9. The Morgan fingerprint density at radius 2 is 1.62 bits per heavy atom. The fourth-order valence-corrected chi connectivity index (χ4v) is 8.11. The van der Waals surface area contributed by atoms with Crippen LogP contribution < -0.4 is 10.6 Å². The number of likely N-dealkylation sites (N-methyl/N-ethyl adjacent to an activating group) is 2. The molecule has 3 aromatic rings. The monoisotopic (exact) mass is 775 g/mol. The number of hydrogen-bond acceptors (Lipinski definition) is 8. The van der Waals surface area contributed by atoms with E-state index in [9.17, 15) is 24.3 Å². The zero-order valence-electron chi connectivity index (χ0n) is 33.6. The lowest BCUT2D eigenvalue weighted by molar-refractivity contribution is -0.141. The predicted molar refractivity (Wildman–Crippen MR) is 217 cm³/mol. The lowest BCUT2D eigenvalue weighted by Gasteiger charge is -2.38. The average Bonchev–Trinajstić information content (AvgIpc) is 3.67. The molecule has 3 N–H and O–H groups in total. The zero-order chi connectivity index (χ0) is 40.1. The van der Waals surface area contributed by atoms with Gasteiger partial charge in [0.05, 0.1) is 18.6 Å². The van der Waals surface area contributed by atoms with Gasteiger partial charge in [0.1, 0.15) is 22.8 Å². The zero-order valence-corrected chi connectivity index (χ0v) is 34.4. The number of carbonyl (C=O) groups excluding carboxylic acids is 3. The lowest BCUT2D eigenvalue weighted by atomic mass is 9.92. The first-order chi connectivity index (χ1) is 26.3. The van der Waals surface area contributed by atoms with Crippen LogP contribution in [0.1, 0.15) is 106 Å². The van der Waals surface area contributed by atoms with Crippen molar-refractivity contribution in [3.63, 3.8) is 0 Å². The molecule has 1 aliphatic heterocycles. The molecule has 2 heterocycles. The number of hydrogen-bond donors (Lipinski definition) is 3. The third kappa shape index (κ3) is 12.7. The Balaban J connectivity index is 1.57. The number of carboxylic acid groups (broad SMARTS) is 1. The van der Waals surface area contributed by atoms with Crippen LogP contribution in [-0.4, -0.2) is 88.4 Å². The molecule has 1 aliphatic rings. The predicted octanol–water partition coefficient (Wildman–Crippen LogP) is 6.74. The van der Waals surface area contributed by atoms with Gasteiger partial charge in [-0.2, -0.15) is 0 Å². The van der Waals surface area contributed by atoms with Crippen molar-refractivity contribution in [1.82, 2.24) is 25.4 Å². The summed E-state index contributed by atoms with van der Waals surface area (Å²) >= 11 is 1.33. The molecule has 0 unspecified atom stereocenters. The maximum atomic E-state index is 14.4. The van der Waals surface area contributed by atoms with E-state index < -0.39 is 30.1 Å². The van der Waals surface area contributed by atoms with Gasteiger partial charge in [-0.05, 0) is 62.2 Å². The van der Waals surface area contributed by atoms with Gasteiger partial charge in [-0.25, -0.2) is 4.98 Å². The number of carbonyl (C=O) groups is 4. The van der Waals surface area contributed by atoms with Gasteiger partial charge in [0.15, 0.2) is 0 Å². The number of carboxylic acids is 1. The van der Waals surface area contributed by atoms with Crippen molar-refractivity contribution in [2.75, 3.05) is 20.6 Å². The van der Waals surface area contributed by atoms with Crippen molar-refractivity contribution in [1.29, 1.82) is 0 Å². The summed E-state index contributed by atoms with van der Waals surface area (Å²) in [7, 11) is 3.78. The molecule has 300 valence electrons. The fourth-order valence-electron chi connectivity index (χ4n) is 7.25. The lowest BCUT2D eigenvalue weighted by Crippen LogP contribution is -2.58. The number of nitrogens with one attached hydrogen (secondary N) is 2. The van der Waals surface area contributed by atoms with Crippen molar-refractivity contribution in [3.05, 3.63) is 87.9 Å². The highest BCUT2D eigenvalue weighted by molar-refractivity contribution is 7.09. The van der Waals surface area contributed by atoms with Gasteiger partial charge in [0.25, 0.3) is 5.91 Å². The molecule has 11 nitrogen and oxygen atoms in total. The first-order valence-electron chi connectivity index (χ1n) is 19.7. The SMILES string of the molecule is CC[C@H](C)[C@H](NC(=O)[C@H]1CCCCN1C)C(=O)N(C)[C@H](C[C@@H](OCc1ccccc1)c1nc(C(=O)N[C@@H](Cc2ccccc2)C[C@H](C)C(=O)O)cs1)C(C)C. The molecule has 1 fully saturated rings. The molecule has 0 aliphatic carbocycles. The summed E-state index contributed by atoms with van der Waals surface area (Å²) in [5.41, 5.74) is 2.21. The number of aromatic nitrogens is 1.